The lowest BCUT2D eigenvalue weighted by molar-refractivity contribution is 0.0952. The zero-order chi connectivity index (χ0) is 19.0. The quantitative estimate of drug-likeness (QED) is 0.633. The Hall–Kier alpha value is -2.41. The van der Waals surface area contributed by atoms with Crippen LogP contribution in [-0.2, 0) is 0 Å². The Balaban J connectivity index is 1.63. The highest BCUT2D eigenvalue weighted by Crippen LogP contribution is 2.35. The number of carbonyl (C=O) groups is 1. The van der Waals surface area contributed by atoms with E-state index in [1.165, 1.54) is 11.8 Å². The lowest BCUT2D eigenvalue weighted by atomic mass is 10.1. The predicted octanol–water partition coefficient (Wildman–Crippen LogP) is 4.49. The molecule has 1 aliphatic carbocycles. The lowest BCUT2D eigenvalue weighted by Crippen LogP contribution is -2.25. The number of nitrogens with zero attached hydrogens (tertiary/aromatic N) is 3. The van der Waals surface area contributed by atoms with E-state index in [0.717, 1.165) is 28.8 Å². The molecule has 0 spiro atoms. The van der Waals surface area contributed by atoms with Crippen molar-refractivity contribution in [2.24, 2.45) is 0 Å². The molecule has 1 aromatic carbocycles. The van der Waals surface area contributed by atoms with Gasteiger partial charge in [-0.2, -0.15) is 4.98 Å². The van der Waals surface area contributed by atoms with Gasteiger partial charge in [-0.15, -0.1) is 0 Å². The summed E-state index contributed by atoms with van der Waals surface area (Å²) >= 11 is 1.52. The van der Waals surface area contributed by atoms with Crippen molar-refractivity contribution in [3.8, 4) is 0 Å². The average Bonchev–Trinajstić information content (AvgIpc) is 3.31. The van der Waals surface area contributed by atoms with Gasteiger partial charge in [0.1, 0.15) is 0 Å². The molecule has 1 amide bonds. The SMILES string of the molecule is CC(C)c1noc([C@H](C)Sc2cc(C(=O)NC3CC3)c3ccccc3n2)n1. The van der Waals surface area contributed by atoms with Crippen LogP contribution >= 0.6 is 11.8 Å². The van der Waals surface area contributed by atoms with Crippen LogP contribution < -0.4 is 5.32 Å². The molecule has 4 rings (SSSR count). The van der Waals surface area contributed by atoms with Crippen molar-refractivity contribution in [1.82, 2.24) is 20.4 Å². The van der Waals surface area contributed by atoms with Crippen LogP contribution in [0.1, 0.15) is 66.9 Å². The fraction of sp³-hybridized carbons (Fsp3) is 0.400. The second kappa shape index (κ2) is 7.31. The van der Waals surface area contributed by atoms with Crippen molar-refractivity contribution in [2.75, 3.05) is 0 Å². The first kappa shape index (κ1) is 18.0. The minimum atomic E-state index is -0.0574. The second-order valence-corrected chi connectivity index (χ2v) is 8.54. The zero-order valence-corrected chi connectivity index (χ0v) is 16.4. The standard InChI is InChI=1S/C20H22N4O2S/c1-11(2)18-23-20(26-24-18)12(3)27-17-10-15(19(25)21-13-8-9-13)14-6-4-5-7-16(14)22-17/h4-7,10-13H,8-9H2,1-3H3,(H,21,25)/t12-/m0/s1. The molecule has 1 N–H and O–H groups in total. The first-order chi connectivity index (χ1) is 13.0. The number of carbonyl (C=O) groups excluding carboxylic acids is 1. The summed E-state index contributed by atoms with van der Waals surface area (Å²) in [7, 11) is 0. The molecule has 0 saturated heterocycles. The van der Waals surface area contributed by atoms with E-state index in [9.17, 15) is 4.79 Å². The van der Waals surface area contributed by atoms with E-state index in [0.29, 0.717) is 23.3 Å². The largest absolute Gasteiger partial charge is 0.349 e. The van der Waals surface area contributed by atoms with Gasteiger partial charge in [0.2, 0.25) is 5.89 Å². The van der Waals surface area contributed by atoms with E-state index in [4.69, 9.17) is 9.51 Å². The summed E-state index contributed by atoms with van der Waals surface area (Å²) in [6.45, 7) is 6.06. The molecule has 1 fully saturated rings. The van der Waals surface area contributed by atoms with Gasteiger partial charge in [0, 0.05) is 17.3 Å². The Morgan fingerprint density at radius 3 is 2.70 bits per heavy atom. The van der Waals surface area contributed by atoms with E-state index in [1.807, 2.05) is 51.1 Å². The molecule has 0 bridgehead atoms. The fourth-order valence-electron chi connectivity index (χ4n) is 2.77. The Kier molecular flexibility index (Phi) is 4.86. The van der Waals surface area contributed by atoms with Crippen LogP contribution in [-0.4, -0.2) is 27.1 Å². The molecule has 0 aliphatic heterocycles. The summed E-state index contributed by atoms with van der Waals surface area (Å²) in [5.41, 5.74) is 1.47. The maximum atomic E-state index is 12.7. The Morgan fingerprint density at radius 1 is 1.22 bits per heavy atom. The summed E-state index contributed by atoms with van der Waals surface area (Å²) in [4.78, 5) is 21.9. The molecule has 1 aliphatic rings. The minimum Gasteiger partial charge on any atom is -0.349 e. The van der Waals surface area contributed by atoms with Crippen molar-refractivity contribution in [1.29, 1.82) is 0 Å². The van der Waals surface area contributed by atoms with Crippen LogP contribution in [0, 0.1) is 0 Å². The molecular formula is C20H22N4O2S. The van der Waals surface area contributed by atoms with Crippen LogP contribution in [0.2, 0.25) is 0 Å². The molecular weight excluding hydrogens is 360 g/mol. The molecule has 1 saturated carbocycles. The van der Waals surface area contributed by atoms with Crippen LogP contribution in [0.25, 0.3) is 10.9 Å². The highest BCUT2D eigenvalue weighted by molar-refractivity contribution is 7.99. The molecule has 0 unspecified atom stereocenters. The Bertz CT molecular complexity index is 981. The number of fused-ring (bicyclic) bond motifs is 1. The van der Waals surface area contributed by atoms with Crippen LogP contribution in [0.4, 0.5) is 0 Å². The summed E-state index contributed by atoms with van der Waals surface area (Å²) in [5, 5.41) is 8.68. The monoisotopic (exact) mass is 382 g/mol. The molecule has 1 atom stereocenters. The number of pyridine rings is 1. The van der Waals surface area contributed by atoms with E-state index in [-0.39, 0.29) is 17.1 Å². The van der Waals surface area contributed by atoms with E-state index in [2.05, 4.69) is 15.5 Å². The number of hydrogen-bond donors (Lipinski definition) is 1. The van der Waals surface area contributed by atoms with Gasteiger partial charge < -0.3 is 9.84 Å². The van der Waals surface area contributed by atoms with Gasteiger partial charge >= 0.3 is 0 Å². The minimum absolute atomic E-state index is 0.0366. The van der Waals surface area contributed by atoms with Crippen molar-refractivity contribution in [3.05, 3.63) is 47.6 Å². The number of thioether (sulfide) groups is 1. The highest BCUT2D eigenvalue weighted by Gasteiger charge is 2.25. The molecule has 0 radical (unpaired) electrons. The predicted molar refractivity (Wildman–Crippen MR) is 105 cm³/mol. The molecule has 3 aromatic rings. The van der Waals surface area contributed by atoms with Crippen LogP contribution in [0.15, 0.2) is 39.9 Å². The maximum absolute atomic E-state index is 12.7. The first-order valence-electron chi connectivity index (χ1n) is 9.22. The van der Waals surface area contributed by atoms with Gasteiger partial charge in [0.25, 0.3) is 5.91 Å². The molecule has 2 heterocycles. The molecule has 2 aromatic heterocycles. The van der Waals surface area contributed by atoms with Gasteiger partial charge in [-0.1, -0.05) is 49.0 Å². The van der Waals surface area contributed by atoms with Gasteiger partial charge in [0.05, 0.1) is 21.4 Å². The average molecular weight is 382 g/mol. The summed E-state index contributed by atoms with van der Waals surface area (Å²) < 4.78 is 5.40. The number of nitrogens with one attached hydrogen (secondary N) is 1. The fourth-order valence-corrected chi connectivity index (χ4v) is 3.66. The van der Waals surface area contributed by atoms with Crippen molar-refractivity contribution in [3.63, 3.8) is 0 Å². The number of amides is 1. The van der Waals surface area contributed by atoms with E-state index in [1.54, 1.807) is 0 Å². The van der Waals surface area contributed by atoms with Crippen LogP contribution in [0.3, 0.4) is 0 Å². The third kappa shape index (κ3) is 3.98. The lowest BCUT2D eigenvalue weighted by Gasteiger charge is -2.11. The normalized spacial score (nSPS) is 15.3. The molecule has 140 valence electrons. The van der Waals surface area contributed by atoms with Gasteiger partial charge in [-0.3, -0.25) is 4.79 Å². The number of rotatable bonds is 6. The van der Waals surface area contributed by atoms with Gasteiger partial charge in [0.15, 0.2) is 5.82 Å². The maximum Gasteiger partial charge on any atom is 0.252 e. The highest BCUT2D eigenvalue weighted by atomic mass is 32.2. The molecule has 6 nitrogen and oxygen atoms in total. The van der Waals surface area contributed by atoms with E-state index >= 15 is 0 Å². The Labute approximate surface area is 162 Å². The summed E-state index contributed by atoms with van der Waals surface area (Å²) in [5.74, 6) is 1.46. The van der Waals surface area contributed by atoms with Crippen molar-refractivity contribution in [2.45, 2.75) is 55.8 Å². The van der Waals surface area contributed by atoms with E-state index < -0.39 is 0 Å². The van der Waals surface area contributed by atoms with Gasteiger partial charge in [-0.05, 0) is 31.9 Å². The second-order valence-electron chi connectivity index (χ2n) is 7.18. The number of aromatic nitrogens is 3. The molecule has 27 heavy (non-hydrogen) atoms. The van der Waals surface area contributed by atoms with Crippen molar-refractivity contribution < 1.29 is 9.32 Å². The third-order valence-electron chi connectivity index (χ3n) is 4.47. The smallest absolute Gasteiger partial charge is 0.252 e. The number of benzene rings is 1. The number of hydrogen-bond acceptors (Lipinski definition) is 6. The summed E-state index contributed by atoms with van der Waals surface area (Å²) in [6, 6.07) is 9.91. The van der Waals surface area contributed by atoms with Gasteiger partial charge in [-0.25, -0.2) is 4.98 Å². The first-order valence-corrected chi connectivity index (χ1v) is 10.1. The van der Waals surface area contributed by atoms with Crippen LogP contribution in [0.5, 0.6) is 0 Å². The zero-order valence-electron chi connectivity index (χ0n) is 15.6. The third-order valence-corrected chi connectivity index (χ3v) is 5.47. The Morgan fingerprint density at radius 2 is 2.00 bits per heavy atom. The number of para-hydroxylation sites is 1. The summed E-state index contributed by atoms with van der Waals surface area (Å²) in [6.07, 6.45) is 2.12. The topological polar surface area (TPSA) is 80.9 Å². The molecule has 7 heteroatoms. The van der Waals surface area contributed by atoms with Crippen molar-refractivity contribution >= 4 is 28.6 Å².